The van der Waals surface area contributed by atoms with Crippen molar-refractivity contribution in [2.24, 2.45) is 0 Å². The van der Waals surface area contributed by atoms with Crippen LogP contribution in [0.25, 0.3) is 0 Å². The van der Waals surface area contributed by atoms with Gasteiger partial charge in [0, 0.05) is 19.6 Å². The Morgan fingerprint density at radius 3 is 2.26 bits per heavy atom. The fraction of sp³-hybridized carbons (Fsp3) is 0.400. The topological polar surface area (TPSA) is 75.7 Å². The molecule has 164 valence electrons. The molecule has 2 aromatic carbocycles. The van der Waals surface area contributed by atoms with Crippen LogP contribution in [0.4, 0.5) is 0 Å². The van der Waals surface area contributed by atoms with Crippen LogP contribution in [-0.4, -0.2) is 41.9 Å². The van der Waals surface area contributed by atoms with Crippen LogP contribution in [0.15, 0.2) is 54.6 Å². The van der Waals surface area contributed by atoms with Crippen molar-refractivity contribution in [2.45, 2.75) is 57.7 Å². The van der Waals surface area contributed by atoms with Gasteiger partial charge >= 0.3 is 5.97 Å². The normalized spacial score (nSPS) is 15.0. The second-order valence-electron chi connectivity index (χ2n) is 8.08. The van der Waals surface area contributed by atoms with Gasteiger partial charge in [-0.15, -0.1) is 0 Å². The molecule has 1 saturated carbocycles. The Kier molecular flexibility index (Phi) is 7.82. The molecule has 6 nitrogen and oxygen atoms in total. The number of nitrogens with one attached hydrogen (secondary N) is 1. The predicted octanol–water partition coefficient (Wildman–Crippen LogP) is 3.95. The van der Waals surface area contributed by atoms with Gasteiger partial charge in [-0.2, -0.15) is 0 Å². The average molecular weight is 423 g/mol. The van der Waals surface area contributed by atoms with Crippen LogP contribution in [0.5, 0.6) is 0 Å². The van der Waals surface area contributed by atoms with Gasteiger partial charge in [-0.3, -0.25) is 9.59 Å². The molecular weight excluding hydrogens is 392 g/mol. The zero-order chi connectivity index (χ0) is 22.2. The highest BCUT2D eigenvalue weighted by Crippen LogP contribution is 2.18. The molecule has 0 bridgehead atoms. The van der Waals surface area contributed by atoms with Crippen molar-refractivity contribution in [1.29, 1.82) is 0 Å². The number of carbonyl (C=O) groups excluding carboxylic acids is 3. The van der Waals surface area contributed by atoms with Gasteiger partial charge in [-0.25, -0.2) is 4.79 Å². The second kappa shape index (κ2) is 10.8. The van der Waals surface area contributed by atoms with Crippen LogP contribution in [0, 0.1) is 0 Å². The van der Waals surface area contributed by atoms with E-state index in [0.717, 1.165) is 31.2 Å². The Labute approximate surface area is 183 Å². The van der Waals surface area contributed by atoms with Crippen molar-refractivity contribution in [3.63, 3.8) is 0 Å². The molecule has 0 aromatic heterocycles. The SMILES string of the molecule is CC(OC(=O)c1ccccc1C(=O)N(C)Cc1ccccc1)C(=O)NC1CCCCC1. The molecule has 3 rings (SSSR count). The van der Waals surface area contributed by atoms with E-state index in [-0.39, 0.29) is 29.0 Å². The summed E-state index contributed by atoms with van der Waals surface area (Å²) in [7, 11) is 1.69. The van der Waals surface area contributed by atoms with Crippen molar-refractivity contribution in [2.75, 3.05) is 7.05 Å². The molecule has 1 N–H and O–H groups in total. The molecule has 2 aromatic rings. The summed E-state index contributed by atoms with van der Waals surface area (Å²) < 4.78 is 5.41. The summed E-state index contributed by atoms with van der Waals surface area (Å²) >= 11 is 0. The summed E-state index contributed by atoms with van der Waals surface area (Å²) in [6.07, 6.45) is 4.38. The minimum Gasteiger partial charge on any atom is -0.449 e. The monoisotopic (exact) mass is 422 g/mol. The minimum absolute atomic E-state index is 0.142. The lowest BCUT2D eigenvalue weighted by Gasteiger charge is -2.24. The molecule has 0 saturated heterocycles. The first-order chi connectivity index (χ1) is 15.0. The third-order valence-corrected chi connectivity index (χ3v) is 5.59. The second-order valence-corrected chi connectivity index (χ2v) is 8.08. The van der Waals surface area contributed by atoms with E-state index in [0.29, 0.717) is 6.54 Å². The molecular formula is C25H30N2O4. The number of hydrogen-bond acceptors (Lipinski definition) is 4. The minimum atomic E-state index is -0.931. The molecule has 0 radical (unpaired) electrons. The highest BCUT2D eigenvalue weighted by molar-refractivity contribution is 6.05. The van der Waals surface area contributed by atoms with Crippen molar-refractivity contribution < 1.29 is 19.1 Å². The molecule has 1 aliphatic carbocycles. The summed E-state index contributed by atoms with van der Waals surface area (Å²) in [6, 6.07) is 16.3. The Balaban J connectivity index is 1.64. The molecule has 1 aliphatic rings. The zero-order valence-electron chi connectivity index (χ0n) is 18.2. The molecule has 0 aliphatic heterocycles. The fourth-order valence-electron chi connectivity index (χ4n) is 3.83. The number of rotatable bonds is 7. The molecule has 31 heavy (non-hydrogen) atoms. The van der Waals surface area contributed by atoms with Gasteiger partial charge < -0.3 is 15.0 Å². The Morgan fingerprint density at radius 1 is 0.968 bits per heavy atom. The number of esters is 1. The van der Waals surface area contributed by atoms with E-state index in [4.69, 9.17) is 4.74 Å². The lowest BCUT2D eigenvalue weighted by atomic mass is 9.95. The van der Waals surface area contributed by atoms with Gasteiger partial charge in [-0.1, -0.05) is 61.7 Å². The standard InChI is InChI=1S/C25H30N2O4/c1-18(23(28)26-20-13-7-4-8-14-20)31-25(30)22-16-10-9-15-21(22)24(29)27(2)17-19-11-5-3-6-12-19/h3,5-6,9-12,15-16,18,20H,4,7-8,13-14,17H2,1-2H3,(H,26,28). The third kappa shape index (κ3) is 6.17. The summed E-state index contributed by atoms with van der Waals surface area (Å²) in [4.78, 5) is 39.8. The maximum Gasteiger partial charge on any atom is 0.339 e. The lowest BCUT2D eigenvalue weighted by Crippen LogP contribution is -2.43. The van der Waals surface area contributed by atoms with Crippen LogP contribution in [0.2, 0.25) is 0 Å². The molecule has 1 atom stereocenters. The fourth-order valence-corrected chi connectivity index (χ4v) is 3.83. The van der Waals surface area contributed by atoms with E-state index in [1.54, 1.807) is 43.1 Å². The van der Waals surface area contributed by atoms with Gasteiger partial charge in [0.2, 0.25) is 0 Å². The molecule has 0 heterocycles. The molecule has 2 amide bonds. The summed E-state index contributed by atoms with van der Waals surface area (Å²) in [5.74, 6) is -1.26. The first-order valence-electron chi connectivity index (χ1n) is 10.9. The predicted molar refractivity (Wildman–Crippen MR) is 119 cm³/mol. The van der Waals surface area contributed by atoms with Crippen LogP contribution in [0.3, 0.4) is 0 Å². The van der Waals surface area contributed by atoms with Crippen molar-refractivity contribution >= 4 is 17.8 Å². The zero-order valence-corrected chi connectivity index (χ0v) is 18.2. The summed E-state index contributed by atoms with van der Waals surface area (Å²) in [5, 5.41) is 2.97. The van der Waals surface area contributed by atoms with Gasteiger partial charge in [0.05, 0.1) is 11.1 Å². The van der Waals surface area contributed by atoms with Crippen LogP contribution in [-0.2, 0) is 16.1 Å². The van der Waals surface area contributed by atoms with E-state index in [1.807, 2.05) is 30.3 Å². The average Bonchev–Trinajstić information content (AvgIpc) is 2.79. The van der Waals surface area contributed by atoms with Gasteiger partial charge in [0.15, 0.2) is 6.10 Å². The number of hydrogen-bond donors (Lipinski definition) is 1. The van der Waals surface area contributed by atoms with E-state index >= 15 is 0 Å². The van der Waals surface area contributed by atoms with Crippen LogP contribution >= 0.6 is 0 Å². The quantitative estimate of drug-likeness (QED) is 0.686. The number of nitrogens with zero attached hydrogens (tertiary/aromatic N) is 1. The maximum atomic E-state index is 13.0. The van der Waals surface area contributed by atoms with Crippen molar-refractivity contribution in [3.05, 3.63) is 71.3 Å². The van der Waals surface area contributed by atoms with E-state index < -0.39 is 12.1 Å². The summed E-state index contributed by atoms with van der Waals surface area (Å²) in [6.45, 7) is 1.98. The summed E-state index contributed by atoms with van der Waals surface area (Å²) in [5.41, 5.74) is 1.40. The molecule has 6 heteroatoms. The Hall–Kier alpha value is -3.15. The van der Waals surface area contributed by atoms with Crippen molar-refractivity contribution in [1.82, 2.24) is 10.2 Å². The first kappa shape index (κ1) is 22.5. The van der Waals surface area contributed by atoms with Crippen LogP contribution in [0.1, 0.15) is 65.3 Å². The Morgan fingerprint density at radius 2 is 1.58 bits per heavy atom. The van der Waals surface area contributed by atoms with Crippen molar-refractivity contribution in [3.8, 4) is 0 Å². The third-order valence-electron chi connectivity index (χ3n) is 5.59. The highest BCUT2D eigenvalue weighted by Gasteiger charge is 2.26. The van der Waals surface area contributed by atoms with Gasteiger partial charge in [0.1, 0.15) is 0 Å². The number of carbonyl (C=O) groups is 3. The van der Waals surface area contributed by atoms with E-state index in [2.05, 4.69) is 5.32 Å². The van der Waals surface area contributed by atoms with Crippen LogP contribution < -0.4 is 5.32 Å². The number of ether oxygens (including phenoxy) is 1. The number of amides is 2. The van der Waals surface area contributed by atoms with Gasteiger partial charge in [-0.05, 0) is 37.5 Å². The maximum absolute atomic E-state index is 13.0. The van der Waals surface area contributed by atoms with E-state index in [9.17, 15) is 14.4 Å². The Bertz CT molecular complexity index is 907. The molecule has 1 unspecified atom stereocenters. The van der Waals surface area contributed by atoms with E-state index in [1.165, 1.54) is 6.42 Å². The smallest absolute Gasteiger partial charge is 0.339 e. The lowest BCUT2D eigenvalue weighted by molar-refractivity contribution is -0.130. The molecule has 1 fully saturated rings. The first-order valence-corrected chi connectivity index (χ1v) is 10.9. The van der Waals surface area contributed by atoms with Gasteiger partial charge in [0.25, 0.3) is 11.8 Å². The highest BCUT2D eigenvalue weighted by atomic mass is 16.5. The number of benzene rings is 2. The largest absolute Gasteiger partial charge is 0.449 e. The molecule has 0 spiro atoms.